The first-order valence-electron chi connectivity index (χ1n) is 9.30. The van der Waals surface area contributed by atoms with Gasteiger partial charge in [0.1, 0.15) is 5.82 Å². The maximum absolute atomic E-state index is 13.2. The van der Waals surface area contributed by atoms with E-state index in [4.69, 9.17) is 4.74 Å². The summed E-state index contributed by atoms with van der Waals surface area (Å²) in [7, 11) is 1.73. The first kappa shape index (κ1) is 19.3. The minimum atomic E-state index is -0.227. The molecule has 1 heterocycles. The number of guanidine groups is 1. The van der Waals surface area contributed by atoms with Crippen LogP contribution in [0.4, 0.5) is 4.39 Å². The van der Waals surface area contributed by atoms with Crippen molar-refractivity contribution >= 4 is 5.96 Å². The Kier molecular flexibility index (Phi) is 7.19. The molecular weight excluding hydrogens is 343 g/mol. The molecule has 1 aliphatic rings. The maximum atomic E-state index is 13.2. The van der Waals surface area contributed by atoms with Gasteiger partial charge in [-0.1, -0.05) is 36.4 Å². The van der Waals surface area contributed by atoms with Crippen molar-refractivity contribution in [1.29, 1.82) is 0 Å². The Balaban J connectivity index is 1.45. The van der Waals surface area contributed by atoms with E-state index >= 15 is 0 Å². The summed E-state index contributed by atoms with van der Waals surface area (Å²) in [5.74, 6) is 0.464. The molecule has 1 saturated heterocycles. The number of aliphatic imine (C=N–C) groups is 1. The van der Waals surface area contributed by atoms with E-state index in [0.717, 1.165) is 38.4 Å². The third-order valence-corrected chi connectivity index (χ3v) is 4.57. The van der Waals surface area contributed by atoms with Crippen molar-refractivity contribution < 1.29 is 9.13 Å². The van der Waals surface area contributed by atoms with Gasteiger partial charge < -0.3 is 15.4 Å². The number of hydrogen-bond donors (Lipinski definition) is 2. The average Bonchev–Trinajstić information content (AvgIpc) is 2.70. The fourth-order valence-electron chi connectivity index (χ4n) is 3.02. The average molecular weight is 370 g/mol. The zero-order valence-corrected chi connectivity index (χ0v) is 15.7. The molecule has 3 rings (SSSR count). The number of rotatable bonds is 6. The van der Waals surface area contributed by atoms with Crippen molar-refractivity contribution in [3.05, 3.63) is 71.0 Å². The Labute approximate surface area is 160 Å². The van der Waals surface area contributed by atoms with Crippen LogP contribution in [0.3, 0.4) is 0 Å². The summed E-state index contributed by atoms with van der Waals surface area (Å²) in [4.78, 5) is 6.63. The van der Waals surface area contributed by atoms with E-state index in [9.17, 15) is 4.39 Å². The van der Waals surface area contributed by atoms with Crippen molar-refractivity contribution in [2.45, 2.75) is 19.6 Å². The topological polar surface area (TPSA) is 48.9 Å². The molecule has 27 heavy (non-hydrogen) atoms. The molecule has 0 unspecified atom stereocenters. The number of ether oxygens (including phenoxy) is 1. The molecular formula is C21H27FN4O. The largest absolute Gasteiger partial charge is 0.379 e. The predicted molar refractivity (Wildman–Crippen MR) is 106 cm³/mol. The van der Waals surface area contributed by atoms with Gasteiger partial charge in [-0.25, -0.2) is 4.39 Å². The van der Waals surface area contributed by atoms with Crippen LogP contribution in [0.1, 0.15) is 16.7 Å². The van der Waals surface area contributed by atoms with Crippen molar-refractivity contribution in [3.8, 4) is 0 Å². The number of nitrogens with one attached hydrogen (secondary N) is 2. The quantitative estimate of drug-likeness (QED) is 0.606. The van der Waals surface area contributed by atoms with Gasteiger partial charge in [-0.15, -0.1) is 0 Å². The van der Waals surface area contributed by atoms with Gasteiger partial charge in [0.2, 0.25) is 0 Å². The molecule has 2 N–H and O–H groups in total. The minimum absolute atomic E-state index is 0.227. The van der Waals surface area contributed by atoms with Crippen LogP contribution in [-0.4, -0.2) is 44.2 Å². The van der Waals surface area contributed by atoms with Crippen LogP contribution in [0, 0.1) is 5.82 Å². The molecule has 0 atom stereocenters. The highest BCUT2D eigenvalue weighted by Gasteiger charge is 2.10. The molecule has 1 aliphatic heterocycles. The monoisotopic (exact) mass is 370 g/mol. The lowest BCUT2D eigenvalue weighted by atomic mass is 10.1. The van der Waals surface area contributed by atoms with Crippen LogP contribution in [-0.2, 0) is 24.4 Å². The highest BCUT2D eigenvalue weighted by atomic mass is 19.1. The molecule has 0 saturated carbocycles. The Morgan fingerprint density at radius 1 is 1.00 bits per heavy atom. The molecule has 2 aromatic carbocycles. The van der Waals surface area contributed by atoms with Crippen LogP contribution in [0.15, 0.2) is 53.5 Å². The summed E-state index contributed by atoms with van der Waals surface area (Å²) in [6.07, 6.45) is 0. The van der Waals surface area contributed by atoms with Crippen molar-refractivity contribution in [2.75, 3.05) is 33.4 Å². The lowest BCUT2D eigenvalue weighted by molar-refractivity contribution is 0.0342. The third kappa shape index (κ3) is 6.34. The zero-order valence-electron chi connectivity index (χ0n) is 15.7. The summed E-state index contributed by atoms with van der Waals surface area (Å²) in [6.45, 7) is 5.81. The van der Waals surface area contributed by atoms with Gasteiger partial charge in [-0.05, 0) is 28.8 Å². The van der Waals surface area contributed by atoms with E-state index in [1.165, 1.54) is 23.3 Å². The molecule has 0 radical (unpaired) electrons. The highest BCUT2D eigenvalue weighted by Crippen LogP contribution is 2.09. The minimum Gasteiger partial charge on any atom is -0.379 e. The highest BCUT2D eigenvalue weighted by molar-refractivity contribution is 5.79. The Morgan fingerprint density at radius 3 is 2.33 bits per heavy atom. The summed E-state index contributed by atoms with van der Waals surface area (Å²) < 4.78 is 18.6. The van der Waals surface area contributed by atoms with E-state index < -0.39 is 0 Å². The van der Waals surface area contributed by atoms with E-state index in [0.29, 0.717) is 19.0 Å². The van der Waals surface area contributed by atoms with Crippen LogP contribution >= 0.6 is 0 Å². The molecule has 2 aromatic rings. The molecule has 0 bridgehead atoms. The van der Waals surface area contributed by atoms with Gasteiger partial charge in [-0.3, -0.25) is 9.89 Å². The van der Waals surface area contributed by atoms with E-state index in [1.54, 1.807) is 13.1 Å². The Morgan fingerprint density at radius 2 is 1.67 bits per heavy atom. The molecule has 0 aromatic heterocycles. The van der Waals surface area contributed by atoms with E-state index in [-0.39, 0.29) is 5.82 Å². The maximum Gasteiger partial charge on any atom is 0.191 e. The third-order valence-electron chi connectivity index (χ3n) is 4.57. The zero-order chi connectivity index (χ0) is 18.9. The van der Waals surface area contributed by atoms with Gasteiger partial charge in [0.15, 0.2) is 5.96 Å². The molecule has 144 valence electrons. The normalized spacial score (nSPS) is 15.6. The summed E-state index contributed by atoms with van der Waals surface area (Å²) in [5, 5.41) is 6.49. The van der Waals surface area contributed by atoms with Crippen molar-refractivity contribution in [2.24, 2.45) is 4.99 Å². The second-order valence-corrected chi connectivity index (χ2v) is 6.61. The number of morpholine rings is 1. The van der Waals surface area contributed by atoms with Crippen molar-refractivity contribution in [1.82, 2.24) is 15.5 Å². The number of hydrogen-bond acceptors (Lipinski definition) is 3. The lowest BCUT2D eigenvalue weighted by Gasteiger charge is -2.26. The van der Waals surface area contributed by atoms with Gasteiger partial charge >= 0.3 is 0 Å². The summed E-state index contributed by atoms with van der Waals surface area (Å²) in [6, 6.07) is 15.2. The molecule has 0 aliphatic carbocycles. The van der Waals surface area contributed by atoms with Gasteiger partial charge in [0, 0.05) is 39.8 Å². The number of halogens is 1. The van der Waals surface area contributed by atoms with Crippen LogP contribution < -0.4 is 10.6 Å². The lowest BCUT2D eigenvalue weighted by Crippen LogP contribution is -2.36. The SMILES string of the molecule is CN=C(NCc1ccc(CN2CCOCC2)cc1)NCc1cccc(F)c1. The Hall–Kier alpha value is -2.44. The first-order chi connectivity index (χ1) is 13.2. The second kappa shape index (κ2) is 10.0. The molecule has 1 fully saturated rings. The summed E-state index contributed by atoms with van der Waals surface area (Å²) in [5.41, 5.74) is 3.38. The smallest absolute Gasteiger partial charge is 0.191 e. The van der Waals surface area contributed by atoms with Crippen LogP contribution in [0.5, 0.6) is 0 Å². The Bertz CT molecular complexity index is 742. The van der Waals surface area contributed by atoms with Gasteiger partial charge in [-0.2, -0.15) is 0 Å². The molecule has 0 amide bonds. The standard InChI is InChI=1S/C21H27FN4O/c1-23-21(25-15-19-3-2-4-20(22)13-19)24-14-17-5-7-18(8-6-17)16-26-9-11-27-12-10-26/h2-8,13H,9-12,14-16H2,1H3,(H2,23,24,25). The first-order valence-corrected chi connectivity index (χ1v) is 9.30. The van der Waals surface area contributed by atoms with Gasteiger partial charge in [0.05, 0.1) is 13.2 Å². The number of nitrogens with zero attached hydrogens (tertiary/aromatic N) is 2. The second-order valence-electron chi connectivity index (χ2n) is 6.61. The van der Waals surface area contributed by atoms with Gasteiger partial charge in [0.25, 0.3) is 0 Å². The van der Waals surface area contributed by atoms with E-state index in [1.807, 2.05) is 6.07 Å². The molecule has 0 spiro atoms. The van der Waals surface area contributed by atoms with Crippen LogP contribution in [0.25, 0.3) is 0 Å². The number of benzene rings is 2. The molecule has 6 heteroatoms. The fourth-order valence-corrected chi connectivity index (χ4v) is 3.02. The van der Waals surface area contributed by atoms with Crippen LogP contribution in [0.2, 0.25) is 0 Å². The summed E-state index contributed by atoms with van der Waals surface area (Å²) >= 11 is 0. The molecule has 5 nitrogen and oxygen atoms in total. The fraction of sp³-hybridized carbons (Fsp3) is 0.381. The van der Waals surface area contributed by atoms with Crippen molar-refractivity contribution in [3.63, 3.8) is 0 Å². The van der Waals surface area contributed by atoms with E-state index in [2.05, 4.69) is 44.8 Å². The predicted octanol–water partition coefficient (Wildman–Crippen LogP) is 2.52.